The molecule has 0 radical (unpaired) electrons. The van der Waals surface area contributed by atoms with Crippen LogP contribution in [0.3, 0.4) is 0 Å². The van der Waals surface area contributed by atoms with Gasteiger partial charge < -0.3 is 19.4 Å². The summed E-state index contributed by atoms with van der Waals surface area (Å²) in [7, 11) is 5.71. The second-order valence-corrected chi connectivity index (χ2v) is 7.90. The minimum Gasteiger partial charge on any atom is -0.383 e. The summed E-state index contributed by atoms with van der Waals surface area (Å²) >= 11 is 0. The number of ether oxygens (including phenoxy) is 1. The number of anilines is 2. The van der Waals surface area contributed by atoms with E-state index in [-0.39, 0.29) is 11.3 Å². The number of likely N-dealkylation sites (tertiary alicyclic amines) is 1. The van der Waals surface area contributed by atoms with E-state index in [4.69, 9.17) is 9.72 Å². The van der Waals surface area contributed by atoms with Gasteiger partial charge in [-0.3, -0.25) is 4.79 Å². The molecule has 1 aromatic heterocycles. The Morgan fingerprint density at radius 3 is 2.85 bits per heavy atom. The number of nitrogens with zero attached hydrogens (tertiary/aromatic N) is 5. The highest BCUT2D eigenvalue weighted by Crippen LogP contribution is 2.39. The molecule has 0 N–H and O–H groups in total. The smallest absolute Gasteiger partial charge is 0.227 e. The third-order valence-corrected chi connectivity index (χ3v) is 5.61. The van der Waals surface area contributed by atoms with E-state index in [0.717, 1.165) is 56.2 Å². The molecule has 0 aliphatic carbocycles. The van der Waals surface area contributed by atoms with Crippen molar-refractivity contribution in [1.29, 1.82) is 0 Å². The largest absolute Gasteiger partial charge is 0.383 e. The maximum absolute atomic E-state index is 12.3. The molecule has 2 saturated heterocycles. The molecule has 0 bridgehead atoms. The second-order valence-electron chi connectivity index (χ2n) is 7.90. The molecule has 2 aliphatic heterocycles. The monoisotopic (exact) mass is 361 g/mol. The van der Waals surface area contributed by atoms with Gasteiger partial charge in [-0.15, -0.1) is 0 Å². The van der Waals surface area contributed by atoms with E-state index in [1.54, 1.807) is 7.11 Å². The lowest BCUT2D eigenvalue weighted by atomic mass is 9.73. The number of aromatic nitrogens is 2. The van der Waals surface area contributed by atoms with Crippen molar-refractivity contribution >= 4 is 17.7 Å². The molecule has 144 valence electrons. The maximum Gasteiger partial charge on any atom is 0.227 e. The normalized spacial score (nSPS) is 23.6. The first-order valence-electron chi connectivity index (χ1n) is 9.47. The first-order chi connectivity index (χ1) is 12.4. The van der Waals surface area contributed by atoms with Gasteiger partial charge in [0, 0.05) is 71.0 Å². The van der Waals surface area contributed by atoms with Gasteiger partial charge in [0.25, 0.3) is 0 Å². The number of carbonyl (C=O) groups is 1. The van der Waals surface area contributed by atoms with E-state index in [1.807, 2.05) is 37.0 Å². The topological polar surface area (TPSA) is 61.8 Å². The Bertz CT molecular complexity index is 651. The summed E-state index contributed by atoms with van der Waals surface area (Å²) in [5, 5.41) is 0. The second kappa shape index (κ2) is 7.78. The predicted molar refractivity (Wildman–Crippen MR) is 103 cm³/mol. The van der Waals surface area contributed by atoms with Gasteiger partial charge in [-0.05, 0) is 26.2 Å². The van der Waals surface area contributed by atoms with Crippen molar-refractivity contribution in [2.24, 2.45) is 5.41 Å². The number of carbonyl (C=O) groups excluding carboxylic acids is 1. The third-order valence-electron chi connectivity index (χ3n) is 5.61. The number of amides is 1. The molecule has 2 aliphatic rings. The van der Waals surface area contributed by atoms with E-state index in [0.29, 0.717) is 19.6 Å². The van der Waals surface area contributed by atoms with Crippen LogP contribution in [0.5, 0.6) is 0 Å². The fraction of sp³-hybridized carbons (Fsp3) is 0.737. The average molecular weight is 361 g/mol. The number of methoxy groups -OCH3 is 1. The van der Waals surface area contributed by atoms with Crippen LogP contribution in [0.1, 0.15) is 31.2 Å². The van der Waals surface area contributed by atoms with Crippen LogP contribution in [-0.4, -0.2) is 74.8 Å². The molecule has 3 rings (SSSR count). The molecule has 0 aromatic carbocycles. The van der Waals surface area contributed by atoms with Crippen LogP contribution < -0.4 is 9.80 Å². The molecule has 1 aromatic rings. The average Bonchev–Trinajstić information content (AvgIpc) is 2.63. The Morgan fingerprint density at radius 1 is 1.31 bits per heavy atom. The van der Waals surface area contributed by atoms with E-state index in [2.05, 4.69) is 9.88 Å². The minimum atomic E-state index is 0.145. The lowest BCUT2D eigenvalue weighted by Crippen LogP contribution is -2.55. The number of aryl methyl sites for hydroxylation is 1. The summed E-state index contributed by atoms with van der Waals surface area (Å²) in [6, 6.07) is 0. The highest BCUT2D eigenvalue weighted by Gasteiger charge is 2.42. The van der Waals surface area contributed by atoms with Crippen LogP contribution in [0.25, 0.3) is 0 Å². The third kappa shape index (κ3) is 3.92. The summed E-state index contributed by atoms with van der Waals surface area (Å²) < 4.78 is 5.18. The van der Waals surface area contributed by atoms with Gasteiger partial charge in [-0.2, -0.15) is 4.98 Å². The first-order valence-corrected chi connectivity index (χ1v) is 9.47. The fourth-order valence-electron chi connectivity index (χ4n) is 4.25. The molecule has 1 unspecified atom stereocenters. The minimum absolute atomic E-state index is 0.145. The summed E-state index contributed by atoms with van der Waals surface area (Å²) in [5.74, 6) is 2.03. The van der Waals surface area contributed by atoms with E-state index in [1.165, 1.54) is 0 Å². The molecular weight excluding hydrogens is 330 g/mol. The molecule has 1 amide bonds. The van der Waals surface area contributed by atoms with Crippen LogP contribution in [0.2, 0.25) is 0 Å². The van der Waals surface area contributed by atoms with Gasteiger partial charge >= 0.3 is 0 Å². The molecule has 0 saturated carbocycles. The van der Waals surface area contributed by atoms with Crippen LogP contribution in [-0.2, 0) is 9.53 Å². The zero-order valence-corrected chi connectivity index (χ0v) is 16.5. The molecule has 1 spiro atoms. The van der Waals surface area contributed by atoms with Crippen molar-refractivity contribution in [3.63, 3.8) is 0 Å². The summed E-state index contributed by atoms with van der Waals surface area (Å²) in [4.78, 5) is 28.0. The van der Waals surface area contributed by atoms with Crippen molar-refractivity contribution in [2.75, 3.05) is 63.8 Å². The van der Waals surface area contributed by atoms with Crippen LogP contribution >= 0.6 is 0 Å². The molecular formula is C19H31N5O2. The van der Waals surface area contributed by atoms with Crippen molar-refractivity contribution < 1.29 is 9.53 Å². The zero-order valence-electron chi connectivity index (χ0n) is 16.5. The molecule has 3 heterocycles. The quantitative estimate of drug-likeness (QED) is 0.796. The van der Waals surface area contributed by atoms with Gasteiger partial charge in [0.1, 0.15) is 5.82 Å². The Labute approximate surface area is 156 Å². The number of rotatable bonds is 5. The molecule has 7 heteroatoms. The lowest BCUT2D eigenvalue weighted by Gasteiger charge is -2.48. The SMILES string of the molecule is COCCN1CC2(CCCN(c3ncc(C)c(N(C)C)n3)C2)CCC1=O. The van der Waals surface area contributed by atoms with Gasteiger partial charge in [0.05, 0.1) is 6.61 Å². The molecule has 26 heavy (non-hydrogen) atoms. The fourth-order valence-corrected chi connectivity index (χ4v) is 4.25. The first kappa shape index (κ1) is 18.9. The number of piperidine rings is 2. The molecule has 2 fully saturated rings. The van der Waals surface area contributed by atoms with E-state index in [9.17, 15) is 4.79 Å². The van der Waals surface area contributed by atoms with Gasteiger partial charge in [-0.1, -0.05) is 0 Å². The molecule has 1 atom stereocenters. The Morgan fingerprint density at radius 2 is 2.12 bits per heavy atom. The van der Waals surface area contributed by atoms with Crippen LogP contribution in [0, 0.1) is 12.3 Å². The van der Waals surface area contributed by atoms with E-state index < -0.39 is 0 Å². The highest BCUT2D eigenvalue weighted by atomic mass is 16.5. The van der Waals surface area contributed by atoms with Gasteiger partial charge in [0.2, 0.25) is 11.9 Å². The van der Waals surface area contributed by atoms with Crippen molar-refractivity contribution in [2.45, 2.75) is 32.6 Å². The Hall–Kier alpha value is -1.89. The van der Waals surface area contributed by atoms with Crippen molar-refractivity contribution in [3.8, 4) is 0 Å². The lowest BCUT2D eigenvalue weighted by molar-refractivity contribution is -0.138. The summed E-state index contributed by atoms with van der Waals surface area (Å²) in [6.07, 6.45) is 5.77. The number of hydrogen-bond donors (Lipinski definition) is 0. The predicted octanol–water partition coefficient (Wildman–Crippen LogP) is 1.71. The van der Waals surface area contributed by atoms with Gasteiger partial charge in [0.15, 0.2) is 0 Å². The summed E-state index contributed by atoms with van der Waals surface area (Å²) in [6.45, 7) is 6.03. The number of hydrogen-bond acceptors (Lipinski definition) is 6. The van der Waals surface area contributed by atoms with Crippen molar-refractivity contribution in [1.82, 2.24) is 14.9 Å². The van der Waals surface area contributed by atoms with Crippen molar-refractivity contribution in [3.05, 3.63) is 11.8 Å². The summed E-state index contributed by atoms with van der Waals surface area (Å²) in [5.41, 5.74) is 1.23. The highest BCUT2D eigenvalue weighted by molar-refractivity contribution is 5.77. The van der Waals surface area contributed by atoms with E-state index >= 15 is 0 Å². The van der Waals surface area contributed by atoms with Gasteiger partial charge in [-0.25, -0.2) is 4.98 Å². The maximum atomic E-state index is 12.3. The standard InChI is InChI=1S/C19H31N5O2/c1-15-12-20-18(21-17(15)22(2)3)24-9-5-7-19(14-24)8-6-16(25)23(13-19)10-11-26-4/h12H,5-11,13-14H2,1-4H3. The molecule has 7 nitrogen and oxygen atoms in total. The Kier molecular flexibility index (Phi) is 5.65. The van der Waals surface area contributed by atoms with Crippen LogP contribution in [0.15, 0.2) is 6.20 Å². The van der Waals surface area contributed by atoms with Crippen LogP contribution in [0.4, 0.5) is 11.8 Å². The Balaban J connectivity index is 1.76. The zero-order chi connectivity index (χ0) is 18.7.